The third kappa shape index (κ3) is 3.44. The maximum absolute atomic E-state index is 12.1. The molecule has 1 N–H and O–H groups in total. The zero-order valence-electron chi connectivity index (χ0n) is 13.5. The van der Waals surface area contributed by atoms with E-state index in [4.69, 9.17) is 4.42 Å². The van der Waals surface area contributed by atoms with Crippen molar-refractivity contribution in [2.75, 3.05) is 42.3 Å². The summed E-state index contributed by atoms with van der Waals surface area (Å²) in [5.41, 5.74) is 0.567. The summed E-state index contributed by atoms with van der Waals surface area (Å²) in [6.45, 7) is 1.95. The molecule has 3 heterocycles. The molecule has 1 saturated heterocycles. The van der Waals surface area contributed by atoms with Crippen LogP contribution in [0.25, 0.3) is 0 Å². The number of hydrogen-bond donors (Lipinski definition) is 1. The molecule has 0 saturated carbocycles. The molecule has 1 fully saturated rings. The van der Waals surface area contributed by atoms with Crippen LogP contribution in [0.15, 0.2) is 29.0 Å². The van der Waals surface area contributed by atoms with Gasteiger partial charge in [-0.25, -0.2) is 4.98 Å². The Morgan fingerprint density at radius 1 is 1.30 bits per heavy atom. The maximum atomic E-state index is 12.1. The lowest BCUT2D eigenvalue weighted by Gasteiger charge is -2.27. The van der Waals surface area contributed by atoms with Gasteiger partial charge in [0, 0.05) is 27.2 Å². The number of carbonyl (C=O) groups excluding carboxylic acids is 1. The van der Waals surface area contributed by atoms with Crippen LogP contribution >= 0.6 is 0 Å². The van der Waals surface area contributed by atoms with Gasteiger partial charge in [-0.15, -0.1) is 0 Å². The van der Waals surface area contributed by atoms with E-state index in [0.29, 0.717) is 17.5 Å². The first-order valence-electron chi connectivity index (χ1n) is 7.79. The van der Waals surface area contributed by atoms with Crippen molar-refractivity contribution in [1.82, 2.24) is 9.97 Å². The van der Waals surface area contributed by atoms with Gasteiger partial charge in [0.15, 0.2) is 11.6 Å². The van der Waals surface area contributed by atoms with Gasteiger partial charge >= 0.3 is 0 Å². The highest BCUT2D eigenvalue weighted by atomic mass is 16.3. The smallest absolute Gasteiger partial charge is 0.291 e. The molecule has 7 heteroatoms. The molecule has 0 bridgehead atoms. The van der Waals surface area contributed by atoms with Gasteiger partial charge in [-0.2, -0.15) is 4.98 Å². The number of furan rings is 1. The standard InChI is InChI=1S/C16H21N5O2/c1-20(2)14-12(18-15(22)13-7-6-10-23-13)11-17-16(19-14)21-8-4-3-5-9-21/h6-7,10-11H,3-5,8-9H2,1-2H3,(H,18,22). The van der Waals surface area contributed by atoms with Crippen LogP contribution < -0.4 is 15.1 Å². The van der Waals surface area contributed by atoms with Gasteiger partial charge in [0.1, 0.15) is 5.69 Å². The number of amides is 1. The summed E-state index contributed by atoms with van der Waals surface area (Å²) in [7, 11) is 3.79. The first-order valence-corrected chi connectivity index (χ1v) is 7.79. The van der Waals surface area contributed by atoms with E-state index in [1.54, 1.807) is 18.3 Å². The van der Waals surface area contributed by atoms with Crippen LogP contribution in [0.1, 0.15) is 29.8 Å². The molecule has 0 radical (unpaired) electrons. The van der Waals surface area contributed by atoms with Crippen molar-refractivity contribution in [3.63, 3.8) is 0 Å². The zero-order chi connectivity index (χ0) is 16.2. The van der Waals surface area contributed by atoms with E-state index < -0.39 is 0 Å². The molecule has 1 aliphatic heterocycles. The third-order valence-electron chi connectivity index (χ3n) is 3.81. The van der Waals surface area contributed by atoms with E-state index in [9.17, 15) is 4.79 Å². The van der Waals surface area contributed by atoms with Crippen LogP contribution in [-0.2, 0) is 0 Å². The minimum Gasteiger partial charge on any atom is -0.459 e. The molecule has 3 rings (SSSR count). The fourth-order valence-corrected chi connectivity index (χ4v) is 2.63. The second-order valence-electron chi connectivity index (χ2n) is 5.78. The highest BCUT2D eigenvalue weighted by Gasteiger charge is 2.18. The molecule has 1 amide bonds. The number of anilines is 3. The third-order valence-corrected chi connectivity index (χ3v) is 3.81. The second kappa shape index (κ2) is 6.68. The lowest BCUT2D eigenvalue weighted by molar-refractivity contribution is 0.0996. The van der Waals surface area contributed by atoms with Gasteiger partial charge in [-0.05, 0) is 31.4 Å². The molecule has 1 aliphatic rings. The Morgan fingerprint density at radius 2 is 2.09 bits per heavy atom. The topological polar surface area (TPSA) is 74.5 Å². The Bertz CT molecular complexity index is 663. The molecule has 2 aromatic rings. The molecule has 7 nitrogen and oxygen atoms in total. The lowest BCUT2D eigenvalue weighted by Crippen LogP contribution is -2.31. The summed E-state index contributed by atoms with van der Waals surface area (Å²) in [6, 6.07) is 3.30. The highest BCUT2D eigenvalue weighted by molar-refractivity contribution is 6.03. The quantitative estimate of drug-likeness (QED) is 0.933. The van der Waals surface area contributed by atoms with Gasteiger partial charge in [0.25, 0.3) is 5.91 Å². The average Bonchev–Trinajstić information content (AvgIpc) is 3.10. The Labute approximate surface area is 135 Å². The van der Waals surface area contributed by atoms with Crippen LogP contribution in [-0.4, -0.2) is 43.1 Å². The van der Waals surface area contributed by atoms with Crippen LogP contribution in [0.3, 0.4) is 0 Å². The van der Waals surface area contributed by atoms with Gasteiger partial charge in [-0.1, -0.05) is 0 Å². The van der Waals surface area contributed by atoms with Crippen molar-refractivity contribution in [2.24, 2.45) is 0 Å². The predicted molar refractivity (Wildman–Crippen MR) is 89.1 cm³/mol. The summed E-state index contributed by atoms with van der Waals surface area (Å²) in [4.78, 5) is 25.3. The number of nitrogens with one attached hydrogen (secondary N) is 1. The molecule has 2 aromatic heterocycles. The number of carbonyl (C=O) groups is 1. The van der Waals surface area contributed by atoms with E-state index >= 15 is 0 Å². The SMILES string of the molecule is CN(C)c1nc(N2CCCCC2)ncc1NC(=O)c1ccco1. The minimum atomic E-state index is -0.313. The van der Waals surface area contributed by atoms with E-state index in [0.717, 1.165) is 25.9 Å². The van der Waals surface area contributed by atoms with Gasteiger partial charge in [0.05, 0.1) is 12.5 Å². The van der Waals surface area contributed by atoms with E-state index in [1.165, 1.54) is 12.7 Å². The zero-order valence-corrected chi connectivity index (χ0v) is 13.5. The van der Waals surface area contributed by atoms with Crippen LogP contribution in [0.5, 0.6) is 0 Å². The molecule has 0 aromatic carbocycles. The fraction of sp³-hybridized carbons (Fsp3) is 0.438. The maximum Gasteiger partial charge on any atom is 0.291 e. The molecule has 23 heavy (non-hydrogen) atoms. The van der Waals surface area contributed by atoms with Crippen LogP contribution in [0, 0.1) is 0 Å². The summed E-state index contributed by atoms with van der Waals surface area (Å²) in [6.07, 6.45) is 6.72. The Morgan fingerprint density at radius 3 is 2.74 bits per heavy atom. The lowest BCUT2D eigenvalue weighted by atomic mass is 10.1. The number of rotatable bonds is 4. The van der Waals surface area contributed by atoms with Gasteiger partial charge in [-0.3, -0.25) is 4.79 Å². The molecule has 122 valence electrons. The van der Waals surface area contributed by atoms with Crippen molar-refractivity contribution in [1.29, 1.82) is 0 Å². The Kier molecular flexibility index (Phi) is 4.45. The summed E-state index contributed by atoms with van der Waals surface area (Å²) in [5, 5.41) is 2.81. The van der Waals surface area contributed by atoms with Crippen molar-refractivity contribution in [3.8, 4) is 0 Å². The first-order chi connectivity index (χ1) is 11.1. The number of aromatic nitrogens is 2. The fourth-order valence-electron chi connectivity index (χ4n) is 2.63. The molecule has 0 atom stereocenters. The Hall–Kier alpha value is -2.57. The van der Waals surface area contributed by atoms with Crippen molar-refractivity contribution < 1.29 is 9.21 Å². The molecular formula is C16H21N5O2. The number of nitrogens with zero attached hydrogens (tertiary/aromatic N) is 4. The molecular weight excluding hydrogens is 294 g/mol. The molecule has 0 unspecified atom stereocenters. The second-order valence-corrected chi connectivity index (χ2v) is 5.78. The number of hydrogen-bond acceptors (Lipinski definition) is 6. The summed E-state index contributed by atoms with van der Waals surface area (Å²) in [5.74, 6) is 1.34. The van der Waals surface area contributed by atoms with Crippen molar-refractivity contribution >= 4 is 23.4 Å². The van der Waals surface area contributed by atoms with E-state index in [1.807, 2.05) is 19.0 Å². The van der Waals surface area contributed by atoms with E-state index in [-0.39, 0.29) is 11.7 Å². The highest BCUT2D eigenvalue weighted by Crippen LogP contribution is 2.25. The van der Waals surface area contributed by atoms with Gasteiger partial charge in [0.2, 0.25) is 5.95 Å². The molecule has 0 aliphatic carbocycles. The van der Waals surface area contributed by atoms with Crippen LogP contribution in [0.4, 0.5) is 17.5 Å². The Balaban J connectivity index is 1.83. The van der Waals surface area contributed by atoms with E-state index in [2.05, 4.69) is 20.2 Å². The van der Waals surface area contributed by atoms with Crippen molar-refractivity contribution in [2.45, 2.75) is 19.3 Å². The summed E-state index contributed by atoms with van der Waals surface area (Å²) >= 11 is 0. The predicted octanol–water partition coefficient (Wildman–Crippen LogP) is 2.38. The average molecular weight is 315 g/mol. The largest absolute Gasteiger partial charge is 0.459 e. The first kappa shape index (κ1) is 15.3. The normalized spacial score (nSPS) is 14.6. The summed E-state index contributed by atoms with van der Waals surface area (Å²) < 4.78 is 5.11. The molecule has 0 spiro atoms. The van der Waals surface area contributed by atoms with Crippen LogP contribution in [0.2, 0.25) is 0 Å². The minimum absolute atomic E-state index is 0.259. The number of piperidine rings is 1. The van der Waals surface area contributed by atoms with Gasteiger partial charge < -0.3 is 19.5 Å². The van der Waals surface area contributed by atoms with Crippen molar-refractivity contribution in [3.05, 3.63) is 30.4 Å². The monoisotopic (exact) mass is 315 g/mol.